The van der Waals surface area contributed by atoms with Crippen molar-refractivity contribution >= 4 is 5.97 Å². The van der Waals surface area contributed by atoms with Gasteiger partial charge in [-0.2, -0.15) is 8.78 Å². The number of hydrogen-bond donors (Lipinski definition) is 1. The third-order valence-corrected chi connectivity index (χ3v) is 1.37. The standard InChI is InChI=1S/C8H10F5NO3/c1-14(2)3-4(7(15)16)17-8(12,13)5(9)6(10)11/h3,5-6H,1-2H3,(H,15,16)/b4-3+. The van der Waals surface area contributed by atoms with Gasteiger partial charge >= 0.3 is 12.1 Å². The number of aliphatic carboxylic acids is 1. The summed E-state index contributed by atoms with van der Waals surface area (Å²) in [6.07, 6.45) is -12.2. The largest absolute Gasteiger partial charge is 0.475 e. The molecule has 1 atom stereocenters. The van der Waals surface area contributed by atoms with Gasteiger partial charge in [-0.3, -0.25) is 0 Å². The molecule has 0 amide bonds. The van der Waals surface area contributed by atoms with E-state index in [2.05, 4.69) is 4.74 Å². The second-order valence-corrected chi connectivity index (χ2v) is 3.16. The zero-order chi connectivity index (χ0) is 13.8. The van der Waals surface area contributed by atoms with Crippen molar-refractivity contribution in [2.45, 2.75) is 18.7 Å². The van der Waals surface area contributed by atoms with Gasteiger partial charge < -0.3 is 14.7 Å². The lowest BCUT2D eigenvalue weighted by Gasteiger charge is -2.21. The molecule has 0 aliphatic carbocycles. The number of carboxylic acids is 1. The monoisotopic (exact) mass is 263 g/mol. The number of hydrogen-bond acceptors (Lipinski definition) is 3. The SMILES string of the molecule is CN(C)/C=C(/OC(F)(F)C(F)C(F)F)C(=O)O. The fraction of sp³-hybridized carbons (Fsp3) is 0.625. The van der Waals surface area contributed by atoms with Crippen molar-refractivity contribution in [1.82, 2.24) is 4.90 Å². The minimum Gasteiger partial charge on any atom is -0.475 e. The number of alkyl halides is 5. The second-order valence-electron chi connectivity index (χ2n) is 3.16. The Kier molecular flexibility index (Phi) is 5.17. The fourth-order valence-corrected chi connectivity index (χ4v) is 0.709. The molecule has 4 nitrogen and oxygen atoms in total. The van der Waals surface area contributed by atoms with Crippen LogP contribution in [-0.2, 0) is 9.53 Å². The van der Waals surface area contributed by atoms with Crippen molar-refractivity contribution in [3.8, 4) is 0 Å². The Labute approximate surface area is 93.3 Å². The van der Waals surface area contributed by atoms with Gasteiger partial charge in [0.05, 0.1) is 0 Å². The summed E-state index contributed by atoms with van der Waals surface area (Å²) >= 11 is 0. The minimum atomic E-state index is -4.92. The van der Waals surface area contributed by atoms with Crippen molar-refractivity contribution in [2.75, 3.05) is 14.1 Å². The van der Waals surface area contributed by atoms with Crippen LogP contribution < -0.4 is 0 Å². The molecule has 0 aromatic rings. The molecule has 0 rings (SSSR count). The smallest absolute Gasteiger partial charge is 0.436 e. The van der Waals surface area contributed by atoms with E-state index in [0.29, 0.717) is 6.20 Å². The average Bonchev–Trinajstić information content (AvgIpc) is 2.14. The molecule has 0 fully saturated rings. The van der Waals surface area contributed by atoms with Gasteiger partial charge in [-0.05, 0) is 0 Å². The molecular formula is C8H10F5NO3. The third-order valence-electron chi connectivity index (χ3n) is 1.37. The molecule has 0 spiro atoms. The minimum absolute atomic E-state index is 0.592. The van der Waals surface area contributed by atoms with Crippen LogP contribution in [0.25, 0.3) is 0 Å². The third kappa shape index (κ3) is 4.87. The van der Waals surface area contributed by atoms with Crippen LogP contribution in [0.2, 0.25) is 0 Å². The Balaban J connectivity index is 4.94. The van der Waals surface area contributed by atoms with Gasteiger partial charge in [0.15, 0.2) is 0 Å². The summed E-state index contributed by atoms with van der Waals surface area (Å²) in [5, 5.41) is 8.44. The van der Waals surface area contributed by atoms with Gasteiger partial charge in [0.2, 0.25) is 5.76 Å². The highest BCUT2D eigenvalue weighted by molar-refractivity contribution is 5.84. The van der Waals surface area contributed by atoms with Crippen molar-refractivity contribution in [1.29, 1.82) is 0 Å². The van der Waals surface area contributed by atoms with E-state index in [9.17, 15) is 26.7 Å². The second kappa shape index (κ2) is 5.69. The average molecular weight is 263 g/mol. The van der Waals surface area contributed by atoms with Crippen molar-refractivity contribution < 1.29 is 36.6 Å². The quantitative estimate of drug-likeness (QED) is 0.450. The van der Waals surface area contributed by atoms with Gasteiger partial charge in [0.25, 0.3) is 12.6 Å². The molecule has 1 unspecified atom stereocenters. The summed E-state index contributed by atoms with van der Waals surface area (Å²) in [4.78, 5) is 11.5. The lowest BCUT2D eigenvalue weighted by atomic mass is 10.3. The first kappa shape index (κ1) is 15.5. The lowest BCUT2D eigenvalue weighted by Crippen LogP contribution is -2.39. The molecule has 0 aromatic carbocycles. The molecule has 0 bridgehead atoms. The first-order chi connectivity index (χ1) is 7.58. The molecule has 9 heteroatoms. The molecule has 17 heavy (non-hydrogen) atoms. The van der Waals surface area contributed by atoms with Gasteiger partial charge in [-0.25, -0.2) is 18.0 Å². The van der Waals surface area contributed by atoms with E-state index in [1.807, 2.05) is 0 Å². The molecule has 0 aliphatic rings. The maximum Gasteiger partial charge on any atom is 0.436 e. The van der Waals surface area contributed by atoms with E-state index >= 15 is 0 Å². The Morgan fingerprint density at radius 2 is 1.82 bits per heavy atom. The summed E-state index contributed by atoms with van der Waals surface area (Å²) < 4.78 is 64.8. The van der Waals surface area contributed by atoms with Gasteiger partial charge in [-0.1, -0.05) is 0 Å². The molecule has 0 saturated heterocycles. The highest BCUT2D eigenvalue weighted by Crippen LogP contribution is 2.30. The van der Waals surface area contributed by atoms with E-state index in [-0.39, 0.29) is 0 Å². The molecule has 0 radical (unpaired) electrons. The zero-order valence-corrected chi connectivity index (χ0v) is 8.83. The predicted molar refractivity (Wildman–Crippen MR) is 46.3 cm³/mol. The number of carboxylic acid groups (broad SMARTS) is 1. The van der Waals surface area contributed by atoms with Crippen LogP contribution in [0, 0.1) is 0 Å². The van der Waals surface area contributed by atoms with Crippen molar-refractivity contribution in [3.05, 3.63) is 12.0 Å². The molecule has 0 aliphatic heterocycles. The summed E-state index contributed by atoms with van der Waals surface area (Å²) in [6, 6.07) is 0. The van der Waals surface area contributed by atoms with Crippen LogP contribution >= 0.6 is 0 Å². The number of carbonyl (C=O) groups is 1. The summed E-state index contributed by atoms with van der Waals surface area (Å²) in [5.74, 6) is -3.27. The topological polar surface area (TPSA) is 49.8 Å². The van der Waals surface area contributed by atoms with Crippen LogP contribution in [0.5, 0.6) is 0 Å². The van der Waals surface area contributed by atoms with E-state index in [1.54, 1.807) is 0 Å². The van der Waals surface area contributed by atoms with Gasteiger partial charge in [-0.15, -0.1) is 0 Å². The van der Waals surface area contributed by atoms with E-state index in [4.69, 9.17) is 5.11 Å². The van der Waals surface area contributed by atoms with Crippen LogP contribution in [0.15, 0.2) is 12.0 Å². The first-order valence-corrected chi connectivity index (χ1v) is 4.18. The van der Waals surface area contributed by atoms with E-state index in [1.165, 1.54) is 14.1 Å². The molecule has 0 aromatic heterocycles. The maximum absolute atomic E-state index is 12.7. The number of nitrogens with zero attached hydrogens (tertiary/aromatic N) is 1. The molecular weight excluding hydrogens is 253 g/mol. The fourth-order valence-electron chi connectivity index (χ4n) is 0.709. The van der Waals surface area contributed by atoms with Crippen LogP contribution in [-0.4, -0.2) is 48.8 Å². The normalized spacial score (nSPS) is 14.7. The summed E-state index contributed by atoms with van der Waals surface area (Å²) in [6.45, 7) is 0. The number of halogens is 5. The van der Waals surface area contributed by atoms with Crippen molar-refractivity contribution in [3.63, 3.8) is 0 Å². The first-order valence-electron chi connectivity index (χ1n) is 4.18. The summed E-state index contributed by atoms with van der Waals surface area (Å²) in [5.41, 5.74) is 0. The van der Waals surface area contributed by atoms with Gasteiger partial charge in [0, 0.05) is 20.3 Å². The number of ether oxygens (including phenoxy) is 1. The van der Waals surface area contributed by atoms with E-state index in [0.717, 1.165) is 4.90 Å². The molecule has 100 valence electrons. The highest BCUT2D eigenvalue weighted by Gasteiger charge is 2.50. The Morgan fingerprint density at radius 1 is 1.35 bits per heavy atom. The maximum atomic E-state index is 12.7. The number of rotatable bonds is 6. The van der Waals surface area contributed by atoms with Crippen LogP contribution in [0.3, 0.4) is 0 Å². The zero-order valence-electron chi connectivity index (χ0n) is 8.83. The van der Waals surface area contributed by atoms with Crippen LogP contribution in [0.1, 0.15) is 0 Å². The Bertz CT molecular complexity index is 306. The van der Waals surface area contributed by atoms with Crippen molar-refractivity contribution in [2.24, 2.45) is 0 Å². The lowest BCUT2D eigenvalue weighted by molar-refractivity contribution is -0.274. The highest BCUT2D eigenvalue weighted by atomic mass is 19.3. The van der Waals surface area contributed by atoms with Gasteiger partial charge in [0.1, 0.15) is 0 Å². The van der Waals surface area contributed by atoms with E-state index < -0.39 is 30.4 Å². The Morgan fingerprint density at radius 3 is 2.12 bits per heavy atom. The molecule has 0 saturated carbocycles. The Hall–Kier alpha value is -1.54. The molecule has 1 N–H and O–H groups in total. The predicted octanol–water partition coefficient (Wildman–Crippen LogP) is 1.69. The molecule has 0 heterocycles. The summed E-state index contributed by atoms with van der Waals surface area (Å²) in [7, 11) is 2.56. The van der Waals surface area contributed by atoms with Crippen LogP contribution in [0.4, 0.5) is 22.0 Å².